The number of amides is 1. The molecule has 1 amide bonds. The highest BCUT2D eigenvalue weighted by Gasteiger charge is 2.14. The first-order valence-electron chi connectivity index (χ1n) is 4.26. The zero-order chi connectivity index (χ0) is 10.7. The van der Waals surface area contributed by atoms with E-state index in [0.29, 0.717) is 12.1 Å². The molecule has 2 N–H and O–H groups in total. The Morgan fingerprint density at radius 1 is 1.64 bits per heavy atom. The minimum Gasteiger partial charge on any atom is -0.277 e. The van der Waals surface area contributed by atoms with Crippen molar-refractivity contribution in [3.63, 3.8) is 0 Å². The molecule has 0 aliphatic carbocycles. The first-order valence-corrected chi connectivity index (χ1v) is 4.63. The predicted octanol–water partition coefficient (Wildman–Crippen LogP) is 1.38. The van der Waals surface area contributed by atoms with E-state index in [1.807, 2.05) is 0 Å². The van der Waals surface area contributed by atoms with Gasteiger partial charge in [-0.1, -0.05) is 11.6 Å². The SMILES string of the molecule is CCN(N)C(=O)c1ccc(C)nc1Cl. The Morgan fingerprint density at radius 3 is 2.79 bits per heavy atom. The lowest BCUT2D eigenvalue weighted by molar-refractivity contribution is 0.0764. The molecule has 0 unspecified atom stereocenters. The van der Waals surface area contributed by atoms with Crippen molar-refractivity contribution in [3.8, 4) is 0 Å². The number of halogens is 1. The van der Waals surface area contributed by atoms with E-state index in [1.54, 1.807) is 26.0 Å². The number of aryl methyl sites for hydroxylation is 1. The van der Waals surface area contributed by atoms with Crippen LogP contribution in [-0.4, -0.2) is 22.4 Å². The molecule has 0 fully saturated rings. The summed E-state index contributed by atoms with van der Waals surface area (Å²) >= 11 is 5.81. The van der Waals surface area contributed by atoms with Crippen LogP contribution >= 0.6 is 11.6 Å². The molecule has 0 saturated carbocycles. The fraction of sp³-hybridized carbons (Fsp3) is 0.333. The number of carbonyl (C=O) groups is 1. The van der Waals surface area contributed by atoms with Crippen LogP contribution in [0.2, 0.25) is 5.15 Å². The van der Waals surface area contributed by atoms with Gasteiger partial charge in [-0.15, -0.1) is 0 Å². The van der Waals surface area contributed by atoms with Crippen LogP contribution in [0.4, 0.5) is 0 Å². The quantitative estimate of drug-likeness (QED) is 0.350. The predicted molar refractivity (Wildman–Crippen MR) is 54.9 cm³/mol. The van der Waals surface area contributed by atoms with Crippen LogP contribution in [0.1, 0.15) is 23.0 Å². The monoisotopic (exact) mass is 213 g/mol. The zero-order valence-corrected chi connectivity index (χ0v) is 8.88. The van der Waals surface area contributed by atoms with Gasteiger partial charge in [-0.2, -0.15) is 0 Å². The summed E-state index contributed by atoms with van der Waals surface area (Å²) in [6.45, 7) is 4.02. The highest BCUT2D eigenvalue weighted by atomic mass is 35.5. The number of hydrogen-bond donors (Lipinski definition) is 1. The molecule has 0 aromatic carbocycles. The molecule has 1 rings (SSSR count). The molecule has 0 atom stereocenters. The largest absolute Gasteiger partial charge is 0.277 e. The molecule has 0 radical (unpaired) electrons. The van der Waals surface area contributed by atoms with Gasteiger partial charge < -0.3 is 0 Å². The van der Waals surface area contributed by atoms with Crippen molar-refractivity contribution in [2.24, 2.45) is 5.84 Å². The van der Waals surface area contributed by atoms with E-state index in [1.165, 1.54) is 0 Å². The lowest BCUT2D eigenvalue weighted by Crippen LogP contribution is -2.37. The van der Waals surface area contributed by atoms with Crippen LogP contribution in [0.5, 0.6) is 0 Å². The van der Waals surface area contributed by atoms with Gasteiger partial charge in [0.2, 0.25) is 0 Å². The van der Waals surface area contributed by atoms with Gasteiger partial charge in [0.15, 0.2) is 0 Å². The van der Waals surface area contributed by atoms with Gasteiger partial charge in [0.25, 0.3) is 5.91 Å². The Bertz CT molecular complexity index is 354. The number of nitrogens with zero attached hydrogens (tertiary/aromatic N) is 2. The molecular formula is C9H12ClN3O. The average molecular weight is 214 g/mol. The molecule has 76 valence electrons. The van der Waals surface area contributed by atoms with Crippen LogP contribution in [-0.2, 0) is 0 Å². The molecule has 0 saturated heterocycles. The summed E-state index contributed by atoms with van der Waals surface area (Å²) < 4.78 is 0. The average Bonchev–Trinajstić information content (AvgIpc) is 2.15. The van der Waals surface area contributed by atoms with Gasteiger partial charge in [-0.3, -0.25) is 9.80 Å². The van der Waals surface area contributed by atoms with E-state index in [0.717, 1.165) is 10.7 Å². The molecule has 0 bridgehead atoms. The van der Waals surface area contributed by atoms with Crippen molar-refractivity contribution in [2.45, 2.75) is 13.8 Å². The van der Waals surface area contributed by atoms with Gasteiger partial charge in [0.1, 0.15) is 5.15 Å². The molecular weight excluding hydrogens is 202 g/mol. The van der Waals surface area contributed by atoms with Crippen LogP contribution in [0, 0.1) is 6.92 Å². The number of hydrazine groups is 1. The fourth-order valence-electron chi connectivity index (χ4n) is 0.983. The highest BCUT2D eigenvalue weighted by molar-refractivity contribution is 6.32. The molecule has 1 heterocycles. The minimum absolute atomic E-state index is 0.193. The normalized spacial score (nSPS) is 10.0. The van der Waals surface area contributed by atoms with Crippen molar-refractivity contribution < 1.29 is 4.79 Å². The highest BCUT2D eigenvalue weighted by Crippen LogP contribution is 2.14. The lowest BCUT2D eigenvalue weighted by Gasteiger charge is -2.14. The van der Waals surface area contributed by atoms with Crippen LogP contribution < -0.4 is 5.84 Å². The molecule has 14 heavy (non-hydrogen) atoms. The van der Waals surface area contributed by atoms with Crippen LogP contribution in [0.25, 0.3) is 0 Å². The second kappa shape index (κ2) is 4.39. The minimum atomic E-state index is -0.315. The third-order valence-electron chi connectivity index (χ3n) is 1.82. The number of aromatic nitrogens is 1. The number of nitrogens with two attached hydrogens (primary N) is 1. The summed E-state index contributed by atoms with van der Waals surface area (Å²) in [5, 5.41) is 1.29. The summed E-state index contributed by atoms with van der Waals surface area (Å²) in [6, 6.07) is 3.35. The van der Waals surface area contributed by atoms with E-state index in [4.69, 9.17) is 17.4 Å². The molecule has 4 nitrogen and oxygen atoms in total. The smallest absolute Gasteiger partial charge is 0.270 e. The number of rotatable bonds is 2. The lowest BCUT2D eigenvalue weighted by atomic mass is 10.2. The number of pyridine rings is 1. The zero-order valence-electron chi connectivity index (χ0n) is 8.12. The third kappa shape index (κ3) is 2.21. The first kappa shape index (κ1) is 10.9. The summed E-state index contributed by atoms with van der Waals surface area (Å²) in [5.74, 6) is 5.14. The third-order valence-corrected chi connectivity index (χ3v) is 2.11. The van der Waals surface area contributed by atoms with Crippen LogP contribution in [0.15, 0.2) is 12.1 Å². The van der Waals surface area contributed by atoms with Gasteiger partial charge in [0.05, 0.1) is 5.56 Å². The maximum absolute atomic E-state index is 11.6. The van der Waals surface area contributed by atoms with Crippen molar-refractivity contribution in [1.29, 1.82) is 0 Å². The Hall–Kier alpha value is -1.13. The van der Waals surface area contributed by atoms with Crippen molar-refractivity contribution >= 4 is 17.5 Å². The van der Waals surface area contributed by atoms with E-state index >= 15 is 0 Å². The topological polar surface area (TPSA) is 59.2 Å². The second-order valence-corrected chi connectivity index (χ2v) is 3.24. The summed E-state index contributed by atoms with van der Waals surface area (Å²) in [7, 11) is 0. The Morgan fingerprint density at radius 2 is 2.29 bits per heavy atom. The molecule has 0 spiro atoms. The molecule has 1 aromatic rings. The van der Waals surface area contributed by atoms with E-state index in [9.17, 15) is 4.79 Å². The Labute approximate surface area is 87.6 Å². The maximum Gasteiger partial charge on any atom is 0.270 e. The van der Waals surface area contributed by atoms with E-state index in [-0.39, 0.29) is 11.1 Å². The van der Waals surface area contributed by atoms with Gasteiger partial charge in [-0.05, 0) is 26.0 Å². The summed E-state index contributed by atoms with van der Waals surface area (Å²) in [6.07, 6.45) is 0. The molecule has 0 aliphatic heterocycles. The second-order valence-electron chi connectivity index (χ2n) is 2.88. The number of hydrogen-bond acceptors (Lipinski definition) is 3. The summed E-state index contributed by atoms with van der Waals surface area (Å²) in [5.41, 5.74) is 1.10. The van der Waals surface area contributed by atoms with Gasteiger partial charge in [-0.25, -0.2) is 10.8 Å². The fourth-order valence-corrected chi connectivity index (χ4v) is 1.26. The van der Waals surface area contributed by atoms with Crippen molar-refractivity contribution in [2.75, 3.05) is 6.54 Å². The number of carbonyl (C=O) groups excluding carboxylic acids is 1. The Kier molecular flexibility index (Phi) is 3.43. The molecule has 0 aliphatic rings. The Balaban J connectivity index is 3.02. The maximum atomic E-state index is 11.6. The van der Waals surface area contributed by atoms with Crippen LogP contribution in [0.3, 0.4) is 0 Å². The van der Waals surface area contributed by atoms with Crippen molar-refractivity contribution in [3.05, 3.63) is 28.5 Å². The van der Waals surface area contributed by atoms with Gasteiger partial charge in [0, 0.05) is 12.2 Å². The first-order chi connectivity index (χ1) is 6.56. The molecule has 1 aromatic heterocycles. The van der Waals surface area contributed by atoms with E-state index < -0.39 is 0 Å². The van der Waals surface area contributed by atoms with Crippen molar-refractivity contribution in [1.82, 2.24) is 9.99 Å². The standard InChI is InChI=1S/C9H12ClN3O/c1-3-13(11)9(14)7-5-4-6(2)12-8(7)10/h4-5H,3,11H2,1-2H3. The van der Waals surface area contributed by atoms with Gasteiger partial charge >= 0.3 is 0 Å². The van der Waals surface area contributed by atoms with E-state index in [2.05, 4.69) is 4.98 Å². The summed E-state index contributed by atoms with van der Waals surface area (Å²) in [4.78, 5) is 15.6. The molecule has 5 heteroatoms.